The number of rotatable bonds is 5. The van der Waals surface area contributed by atoms with E-state index in [1.165, 1.54) is 18.2 Å². The van der Waals surface area contributed by atoms with E-state index in [9.17, 15) is 13.2 Å². The fourth-order valence-corrected chi connectivity index (χ4v) is 2.80. The Balaban J connectivity index is 0.00000338. The van der Waals surface area contributed by atoms with Crippen molar-refractivity contribution in [3.05, 3.63) is 35.1 Å². The number of hydrogen-bond acceptors (Lipinski definition) is 3. The van der Waals surface area contributed by atoms with Gasteiger partial charge in [-0.05, 0) is 31.0 Å². The maximum absolute atomic E-state index is 13.8. The first-order valence-corrected chi connectivity index (χ1v) is 8.18. The molecular weight excluding hydrogens is 458 g/mol. The molecule has 5 nitrogen and oxygen atoms in total. The molecule has 0 amide bonds. The van der Waals surface area contributed by atoms with Crippen LogP contribution in [0.3, 0.4) is 0 Å². The molecule has 0 radical (unpaired) electrons. The van der Waals surface area contributed by atoms with Gasteiger partial charge in [-0.25, -0.2) is 13.2 Å². The van der Waals surface area contributed by atoms with E-state index >= 15 is 0 Å². The van der Waals surface area contributed by atoms with Gasteiger partial charge in [0, 0.05) is 38.3 Å². The molecule has 1 aromatic rings. The van der Waals surface area contributed by atoms with E-state index in [0.29, 0.717) is 30.2 Å². The van der Waals surface area contributed by atoms with Gasteiger partial charge in [0.15, 0.2) is 5.96 Å². The van der Waals surface area contributed by atoms with Crippen LogP contribution in [-0.4, -0.2) is 50.0 Å². The van der Waals surface area contributed by atoms with Gasteiger partial charge in [0.25, 0.3) is 6.43 Å². The van der Waals surface area contributed by atoms with Crippen LogP contribution in [0.4, 0.5) is 13.2 Å². The molecule has 1 aliphatic heterocycles. The number of nitrogens with zero attached hydrogens (tertiary/aromatic N) is 3. The van der Waals surface area contributed by atoms with Crippen molar-refractivity contribution in [3.8, 4) is 6.07 Å². The molecule has 1 fully saturated rings. The molecule has 1 aromatic carbocycles. The smallest absolute Gasteiger partial charge is 0.251 e. The molecule has 26 heavy (non-hydrogen) atoms. The van der Waals surface area contributed by atoms with Crippen LogP contribution >= 0.6 is 24.0 Å². The molecule has 2 N–H and O–H groups in total. The van der Waals surface area contributed by atoms with Crippen molar-refractivity contribution in [3.63, 3.8) is 0 Å². The summed E-state index contributed by atoms with van der Waals surface area (Å²) in [6.45, 7) is 1.23. The summed E-state index contributed by atoms with van der Waals surface area (Å²) in [5, 5.41) is 15.1. The molecule has 0 spiro atoms. The number of alkyl halides is 2. The van der Waals surface area contributed by atoms with E-state index in [2.05, 4.69) is 15.6 Å². The molecule has 0 bridgehead atoms. The third-order valence-electron chi connectivity index (χ3n) is 4.17. The highest BCUT2D eigenvalue weighted by atomic mass is 127. The molecule has 0 saturated carbocycles. The normalized spacial score (nSPS) is 16.1. The topological polar surface area (TPSA) is 63.5 Å². The monoisotopic (exact) mass is 481 g/mol. The summed E-state index contributed by atoms with van der Waals surface area (Å²) < 4.78 is 38.6. The van der Waals surface area contributed by atoms with Crippen LogP contribution in [0.2, 0.25) is 0 Å². The minimum atomic E-state index is -2.31. The second-order valence-electron chi connectivity index (χ2n) is 5.95. The van der Waals surface area contributed by atoms with Crippen molar-refractivity contribution in [2.75, 3.05) is 26.7 Å². The van der Waals surface area contributed by atoms with Gasteiger partial charge in [-0.3, -0.25) is 9.89 Å². The van der Waals surface area contributed by atoms with Gasteiger partial charge in [0.1, 0.15) is 5.82 Å². The molecule has 0 unspecified atom stereocenters. The Morgan fingerprint density at radius 1 is 1.38 bits per heavy atom. The van der Waals surface area contributed by atoms with Crippen LogP contribution in [0, 0.1) is 17.1 Å². The maximum Gasteiger partial charge on any atom is 0.251 e. The van der Waals surface area contributed by atoms with Crippen molar-refractivity contribution in [2.24, 2.45) is 4.99 Å². The van der Waals surface area contributed by atoms with Crippen LogP contribution in [0.25, 0.3) is 0 Å². The summed E-state index contributed by atoms with van der Waals surface area (Å²) in [6, 6.07) is 6.31. The highest BCUT2D eigenvalue weighted by Gasteiger charge is 2.22. The lowest BCUT2D eigenvalue weighted by Crippen LogP contribution is -2.49. The lowest BCUT2D eigenvalue weighted by molar-refractivity contribution is 0.0744. The Hall–Kier alpha value is -1.54. The first kappa shape index (κ1) is 22.5. The average Bonchev–Trinajstić information content (AvgIpc) is 2.60. The number of likely N-dealkylation sites (tertiary alicyclic amines) is 1. The van der Waals surface area contributed by atoms with E-state index in [1.54, 1.807) is 11.9 Å². The fraction of sp³-hybridized carbons (Fsp3) is 0.529. The van der Waals surface area contributed by atoms with Gasteiger partial charge in [0.2, 0.25) is 0 Å². The Kier molecular flexibility index (Phi) is 9.72. The maximum atomic E-state index is 13.8. The van der Waals surface area contributed by atoms with Gasteiger partial charge < -0.3 is 10.6 Å². The molecule has 0 atom stereocenters. The summed E-state index contributed by atoms with van der Waals surface area (Å²) in [6.07, 6.45) is -0.824. The molecular formula is C17H23F3IN5. The van der Waals surface area contributed by atoms with E-state index in [4.69, 9.17) is 5.26 Å². The van der Waals surface area contributed by atoms with Crippen molar-refractivity contribution in [1.82, 2.24) is 15.5 Å². The molecule has 2 rings (SSSR count). The molecule has 1 saturated heterocycles. The minimum absolute atomic E-state index is 0. The second kappa shape index (κ2) is 11.2. The van der Waals surface area contributed by atoms with Gasteiger partial charge in [-0.1, -0.05) is 0 Å². The third kappa shape index (κ3) is 6.99. The number of hydrogen-bond donors (Lipinski definition) is 2. The minimum Gasteiger partial charge on any atom is -0.354 e. The third-order valence-corrected chi connectivity index (χ3v) is 4.17. The van der Waals surface area contributed by atoms with E-state index < -0.39 is 6.43 Å². The van der Waals surface area contributed by atoms with Crippen LogP contribution in [-0.2, 0) is 6.54 Å². The number of benzene rings is 1. The SMILES string of the molecule is CN=C(NCc1cc(C#N)ccc1F)NC1CCN(CC(F)F)CC1.I. The Labute approximate surface area is 168 Å². The number of piperidine rings is 1. The predicted octanol–water partition coefficient (Wildman–Crippen LogP) is 2.71. The number of aliphatic imine (C=N–C) groups is 1. The summed E-state index contributed by atoms with van der Waals surface area (Å²) in [4.78, 5) is 5.86. The van der Waals surface area contributed by atoms with Crippen molar-refractivity contribution in [2.45, 2.75) is 31.9 Å². The summed E-state index contributed by atoms with van der Waals surface area (Å²) in [5.74, 6) is 0.135. The highest BCUT2D eigenvalue weighted by molar-refractivity contribution is 14.0. The van der Waals surface area contributed by atoms with E-state index in [-0.39, 0.29) is 48.9 Å². The molecule has 0 aromatic heterocycles. The molecule has 144 valence electrons. The summed E-state index contributed by atoms with van der Waals surface area (Å²) in [5.41, 5.74) is 0.779. The van der Waals surface area contributed by atoms with Crippen LogP contribution in [0.5, 0.6) is 0 Å². The quantitative estimate of drug-likeness (QED) is 0.386. The van der Waals surface area contributed by atoms with Crippen molar-refractivity contribution >= 4 is 29.9 Å². The molecule has 9 heteroatoms. The van der Waals surface area contributed by atoms with Crippen LogP contribution < -0.4 is 10.6 Å². The van der Waals surface area contributed by atoms with E-state index in [0.717, 1.165) is 12.8 Å². The number of halogens is 4. The Morgan fingerprint density at radius 2 is 2.08 bits per heavy atom. The standard InChI is InChI=1S/C17H22F3N5.HI/c1-22-17(23-10-13-8-12(9-21)2-3-15(13)18)24-14-4-6-25(7-5-14)11-16(19)20;/h2-3,8,14,16H,4-7,10-11H2,1H3,(H2,22,23,24);1H. The first-order chi connectivity index (χ1) is 12.0. The summed E-state index contributed by atoms with van der Waals surface area (Å²) in [7, 11) is 1.61. The lowest BCUT2D eigenvalue weighted by Gasteiger charge is -2.32. The fourth-order valence-electron chi connectivity index (χ4n) is 2.80. The van der Waals surface area contributed by atoms with Crippen molar-refractivity contribution in [1.29, 1.82) is 5.26 Å². The number of nitrogens with one attached hydrogen (secondary N) is 2. The lowest BCUT2D eigenvalue weighted by atomic mass is 10.1. The van der Waals surface area contributed by atoms with Gasteiger partial charge in [-0.2, -0.15) is 5.26 Å². The Morgan fingerprint density at radius 3 is 2.65 bits per heavy atom. The second-order valence-corrected chi connectivity index (χ2v) is 5.95. The highest BCUT2D eigenvalue weighted by Crippen LogP contribution is 2.12. The molecule has 1 aliphatic rings. The van der Waals surface area contributed by atoms with E-state index in [1.807, 2.05) is 6.07 Å². The van der Waals surface area contributed by atoms with Crippen molar-refractivity contribution < 1.29 is 13.2 Å². The zero-order valence-corrected chi connectivity index (χ0v) is 16.8. The molecule has 1 heterocycles. The molecule has 0 aliphatic carbocycles. The van der Waals surface area contributed by atoms with Gasteiger partial charge >= 0.3 is 0 Å². The van der Waals surface area contributed by atoms with Gasteiger partial charge in [0.05, 0.1) is 18.2 Å². The van der Waals surface area contributed by atoms with Crippen LogP contribution in [0.1, 0.15) is 24.0 Å². The average molecular weight is 481 g/mol. The predicted molar refractivity (Wildman–Crippen MR) is 105 cm³/mol. The number of guanidine groups is 1. The van der Waals surface area contributed by atoms with Gasteiger partial charge in [-0.15, -0.1) is 24.0 Å². The summed E-state index contributed by atoms with van der Waals surface area (Å²) >= 11 is 0. The zero-order valence-electron chi connectivity index (χ0n) is 14.5. The first-order valence-electron chi connectivity index (χ1n) is 8.18. The largest absolute Gasteiger partial charge is 0.354 e. The van der Waals surface area contributed by atoms with Crippen LogP contribution in [0.15, 0.2) is 23.2 Å². The Bertz CT molecular complexity index is 640. The number of nitriles is 1. The zero-order chi connectivity index (χ0) is 18.2.